The van der Waals surface area contributed by atoms with Gasteiger partial charge in [0, 0.05) is 31.8 Å². The summed E-state index contributed by atoms with van der Waals surface area (Å²) in [5, 5.41) is 2.77. The Balaban J connectivity index is 3.36. The van der Waals surface area contributed by atoms with Crippen molar-refractivity contribution in [1.82, 2.24) is 5.32 Å². The number of amides is 1. The molecule has 0 bridgehead atoms. The van der Waals surface area contributed by atoms with E-state index in [1.165, 1.54) is 0 Å². The van der Waals surface area contributed by atoms with Crippen LogP contribution in [0.2, 0.25) is 0 Å². The molecule has 0 saturated heterocycles. The van der Waals surface area contributed by atoms with Crippen molar-refractivity contribution in [3.05, 3.63) is 0 Å². The van der Waals surface area contributed by atoms with E-state index in [0.29, 0.717) is 45.6 Å². The van der Waals surface area contributed by atoms with Crippen molar-refractivity contribution in [3.8, 4) is 0 Å². The Morgan fingerprint density at radius 3 is 2.53 bits per heavy atom. The van der Waals surface area contributed by atoms with Crippen molar-refractivity contribution < 1.29 is 14.3 Å². The third kappa shape index (κ3) is 9.96. The molecule has 3 N–H and O–H groups in total. The maximum atomic E-state index is 11.4. The van der Waals surface area contributed by atoms with Gasteiger partial charge >= 0.3 is 0 Å². The van der Waals surface area contributed by atoms with Gasteiger partial charge in [-0.1, -0.05) is 13.8 Å². The molecule has 100 valence electrons. The molecule has 0 radical (unpaired) electrons. The molecule has 1 amide bonds. The van der Waals surface area contributed by atoms with Crippen molar-refractivity contribution in [2.24, 2.45) is 11.7 Å². The Kier molecular flexibility index (Phi) is 9.66. The largest absolute Gasteiger partial charge is 0.380 e. The van der Waals surface area contributed by atoms with E-state index in [9.17, 15) is 9.59 Å². The fourth-order valence-corrected chi connectivity index (χ4v) is 1.20. The number of hydrogen-bond donors (Lipinski definition) is 2. The number of Topliss-reactive ketones (excluding diaryl/α,β-unsaturated/α-hetero) is 1. The number of nitrogens with two attached hydrogens (primary N) is 1. The predicted octanol–water partition coefficient (Wildman–Crippen LogP) is 0.473. The zero-order chi connectivity index (χ0) is 13.1. The van der Waals surface area contributed by atoms with E-state index in [1.54, 1.807) is 0 Å². The van der Waals surface area contributed by atoms with Gasteiger partial charge in [-0.25, -0.2) is 0 Å². The fourth-order valence-electron chi connectivity index (χ4n) is 1.20. The Labute approximate surface area is 103 Å². The minimum absolute atomic E-state index is 0.00429. The van der Waals surface area contributed by atoms with Gasteiger partial charge in [0.25, 0.3) is 0 Å². The normalized spacial score (nSPS) is 10.6. The molecule has 0 spiro atoms. The van der Waals surface area contributed by atoms with Gasteiger partial charge in [-0.2, -0.15) is 0 Å². The second kappa shape index (κ2) is 10.2. The van der Waals surface area contributed by atoms with Crippen LogP contribution in [-0.4, -0.2) is 38.0 Å². The molecule has 5 heteroatoms. The molecule has 0 aliphatic rings. The van der Waals surface area contributed by atoms with Crippen LogP contribution < -0.4 is 11.1 Å². The highest BCUT2D eigenvalue weighted by Gasteiger charge is 2.06. The van der Waals surface area contributed by atoms with Gasteiger partial charge in [-0.3, -0.25) is 9.59 Å². The minimum Gasteiger partial charge on any atom is -0.380 e. The lowest BCUT2D eigenvalue weighted by Crippen LogP contribution is -2.28. The van der Waals surface area contributed by atoms with Gasteiger partial charge in [0.2, 0.25) is 5.91 Å². The monoisotopic (exact) mass is 244 g/mol. The number of ketones is 1. The van der Waals surface area contributed by atoms with E-state index in [-0.39, 0.29) is 17.6 Å². The van der Waals surface area contributed by atoms with Gasteiger partial charge < -0.3 is 15.8 Å². The number of nitrogens with one attached hydrogen (secondary N) is 1. The maximum absolute atomic E-state index is 11.4. The lowest BCUT2D eigenvalue weighted by molar-refractivity contribution is -0.124. The zero-order valence-corrected chi connectivity index (χ0v) is 10.8. The van der Waals surface area contributed by atoms with Gasteiger partial charge in [0.15, 0.2) is 0 Å². The molecular weight excluding hydrogens is 220 g/mol. The molecule has 5 nitrogen and oxygen atoms in total. The Hall–Kier alpha value is -0.940. The Morgan fingerprint density at radius 1 is 1.24 bits per heavy atom. The first-order valence-electron chi connectivity index (χ1n) is 6.15. The quantitative estimate of drug-likeness (QED) is 0.547. The summed E-state index contributed by atoms with van der Waals surface area (Å²) < 4.78 is 5.11. The average molecular weight is 244 g/mol. The Bertz CT molecular complexity index is 230. The van der Waals surface area contributed by atoms with Crippen LogP contribution in [-0.2, 0) is 14.3 Å². The number of carbonyl (C=O) groups excluding carboxylic acids is 2. The van der Waals surface area contributed by atoms with E-state index >= 15 is 0 Å². The van der Waals surface area contributed by atoms with Crippen LogP contribution in [0.1, 0.15) is 33.1 Å². The summed E-state index contributed by atoms with van der Waals surface area (Å²) in [7, 11) is 0. The van der Waals surface area contributed by atoms with Crippen LogP contribution >= 0.6 is 0 Å². The molecule has 0 rings (SSSR count). The molecule has 0 heterocycles. The number of carbonyl (C=O) groups is 2. The van der Waals surface area contributed by atoms with Crippen molar-refractivity contribution in [1.29, 1.82) is 0 Å². The molecule has 0 aromatic rings. The van der Waals surface area contributed by atoms with Gasteiger partial charge in [0.1, 0.15) is 5.78 Å². The van der Waals surface area contributed by atoms with E-state index < -0.39 is 0 Å². The summed E-state index contributed by atoms with van der Waals surface area (Å²) in [5.74, 6) is 0.194. The molecule has 0 fully saturated rings. The van der Waals surface area contributed by atoms with E-state index in [4.69, 9.17) is 10.5 Å². The second-order valence-electron chi connectivity index (χ2n) is 4.24. The second-order valence-corrected chi connectivity index (χ2v) is 4.24. The average Bonchev–Trinajstić information content (AvgIpc) is 2.29. The molecule has 0 aromatic heterocycles. The molecule has 0 unspecified atom stereocenters. The first-order valence-corrected chi connectivity index (χ1v) is 6.15. The summed E-state index contributed by atoms with van der Waals surface area (Å²) in [6, 6.07) is 0. The summed E-state index contributed by atoms with van der Waals surface area (Å²) in [4.78, 5) is 22.6. The lowest BCUT2D eigenvalue weighted by Gasteiger charge is -2.07. The summed E-state index contributed by atoms with van der Waals surface area (Å²) in [6.45, 7) is 5.67. The summed E-state index contributed by atoms with van der Waals surface area (Å²) >= 11 is 0. The standard InChI is InChI=1S/C12H24N2O3/c1-10(2)12(16)14-7-3-4-11(15)5-8-17-9-6-13/h10H,3-9,13H2,1-2H3,(H,14,16). The van der Waals surface area contributed by atoms with Crippen molar-refractivity contribution in [2.75, 3.05) is 26.3 Å². The molecule has 0 atom stereocenters. The van der Waals surface area contributed by atoms with E-state index in [1.807, 2.05) is 13.8 Å². The topological polar surface area (TPSA) is 81.4 Å². The molecule has 0 aliphatic carbocycles. The van der Waals surface area contributed by atoms with Crippen LogP contribution in [0.15, 0.2) is 0 Å². The fraction of sp³-hybridized carbons (Fsp3) is 0.833. The van der Waals surface area contributed by atoms with Crippen LogP contribution in [0.25, 0.3) is 0 Å². The highest BCUT2D eigenvalue weighted by Crippen LogP contribution is 1.96. The van der Waals surface area contributed by atoms with Gasteiger partial charge in [-0.15, -0.1) is 0 Å². The van der Waals surface area contributed by atoms with Crippen LogP contribution in [0, 0.1) is 5.92 Å². The lowest BCUT2D eigenvalue weighted by atomic mass is 10.1. The first-order chi connectivity index (χ1) is 8.07. The molecule has 17 heavy (non-hydrogen) atoms. The smallest absolute Gasteiger partial charge is 0.222 e. The molecule has 0 aliphatic heterocycles. The third-order valence-electron chi connectivity index (χ3n) is 2.24. The Morgan fingerprint density at radius 2 is 1.94 bits per heavy atom. The van der Waals surface area contributed by atoms with Crippen LogP contribution in [0.5, 0.6) is 0 Å². The number of ether oxygens (including phenoxy) is 1. The van der Waals surface area contributed by atoms with E-state index in [2.05, 4.69) is 5.32 Å². The molecular formula is C12H24N2O3. The van der Waals surface area contributed by atoms with Crippen molar-refractivity contribution >= 4 is 11.7 Å². The number of rotatable bonds is 10. The van der Waals surface area contributed by atoms with Gasteiger partial charge in [-0.05, 0) is 6.42 Å². The van der Waals surface area contributed by atoms with Crippen molar-refractivity contribution in [3.63, 3.8) is 0 Å². The SMILES string of the molecule is CC(C)C(=O)NCCCC(=O)CCOCCN. The van der Waals surface area contributed by atoms with Gasteiger partial charge in [0.05, 0.1) is 13.2 Å². The number of hydrogen-bond acceptors (Lipinski definition) is 4. The zero-order valence-electron chi connectivity index (χ0n) is 10.8. The third-order valence-corrected chi connectivity index (χ3v) is 2.24. The van der Waals surface area contributed by atoms with Crippen LogP contribution in [0.4, 0.5) is 0 Å². The van der Waals surface area contributed by atoms with E-state index in [0.717, 1.165) is 0 Å². The summed E-state index contributed by atoms with van der Waals surface area (Å²) in [6.07, 6.45) is 1.61. The predicted molar refractivity (Wildman–Crippen MR) is 66.6 cm³/mol. The van der Waals surface area contributed by atoms with Crippen molar-refractivity contribution in [2.45, 2.75) is 33.1 Å². The highest BCUT2D eigenvalue weighted by molar-refractivity contribution is 5.79. The minimum atomic E-state index is -0.00429. The summed E-state index contributed by atoms with van der Waals surface area (Å²) in [5.41, 5.74) is 5.25. The molecule has 0 saturated carbocycles. The first kappa shape index (κ1) is 16.1. The van der Waals surface area contributed by atoms with Crippen LogP contribution in [0.3, 0.4) is 0 Å². The highest BCUT2D eigenvalue weighted by atomic mass is 16.5. The molecule has 0 aromatic carbocycles. The maximum Gasteiger partial charge on any atom is 0.222 e.